The van der Waals surface area contributed by atoms with Crippen LogP contribution in [0.5, 0.6) is 0 Å². The smallest absolute Gasteiger partial charge is 0.376 e. The van der Waals surface area contributed by atoms with Crippen molar-refractivity contribution in [2.75, 3.05) is 13.2 Å². The van der Waals surface area contributed by atoms with Crippen molar-refractivity contribution in [3.8, 4) is 0 Å². The van der Waals surface area contributed by atoms with Crippen LogP contribution in [0, 0.1) is 12.3 Å². The number of hydrogen-bond acceptors (Lipinski definition) is 8. The van der Waals surface area contributed by atoms with E-state index in [1.165, 1.54) is 29.9 Å². The number of ether oxygens (including phenoxy) is 1. The number of alkyl halides is 6. The van der Waals surface area contributed by atoms with Crippen LogP contribution in [0.4, 0.5) is 31.1 Å². The average Bonchev–Trinajstić information content (AvgIpc) is 3.29. The predicted molar refractivity (Wildman–Crippen MR) is 138 cm³/mol. The van der Waals surface area contributed by atoms with Gasteiger partial charge in [0.05, 0.1) is 54.8 Å². The van der Waals surface area contributed by atoms with Gasteiger partial charge in [0.1, 0.15) is 11.7 Å². The molecule has 1 saturated heterocycles. The van der Waals surface area contributed by atoms with E-state index < -0.39 is 54.4 Å². The van der Waals surface area contributed by atoms with E-state index in [-0.39, 0.29) is 48.3 Å². The van der Waals surface area contributed by atoms with Gasteiger partial charge in [0.2, 0.25) is 0 Å². The number of fused-ring (bicyclic) bond motifs is 1. The Morgan fingerprint density at radius 1 is 1.20 bits per heavy atom. The first-order valence-corrected chi connectivity index (χ1v) is 13.8. The zero-order chi connectivity index (χ0) is 32.0. The number of amides is 3. The molecule has 18 heteroatoms. The molecular weight excluding hydrogens is 602 g/mol. The number of hydrogen-bond donors (Lipinski definition) is 2. The zero-order valence-corrected chi connectivity index (χ0v) is 23.9. The standard InChI is InChI=1S/C26H30F6N8O4/c1-13-21(38-44-37-13)22(41)35-16(6-7-24(2,3)26(30,31)32)17-10-40-20(34-17)8-14(9-33-40)18(12-43-15-4-5-15)39-11-19(25(27,28)29)36-23(39)42/h8-10,15-16,18-19H,4-7,11-12H2,1-3H3,(H,35,41)(H,36,42). The lowest BCUT2D eigenvalue weighted by molar-refractivity contribution is -0.214. The fourth-order valence-electron chi connectivity index (χ4n) is 4.70. The van der Waals surface area contributed by atoms with Crippen molar-refractivity contribution in [1.29, 1.82) is 0 Å². The molecule has 0 radical (unpaired) electrons. The van der Waals surface area contributed by atoms with E-state index >= 15 is 0 Å². The fourth-order valence-corrected chi connectivity index (χ4v) is 4.70. The second-order valence-electron chi connectivity index (χ2n) is 11.6. The summed E-state index contributed by atoms with van der Waals surface area (Å²) in [5, 5.41) is 16.0. The predicted octanol–water partition coefficient (Wildman–Crippen LogP) is 4.44. The molecule has 4 heterocycles. The molecule has 1 saturated carbocycles. The highest BCUT2D eigenvalue weighted by molar-refractivity contribution is 5.93. The van der Waals surface area contributed by atoms with Crippen LogP contribution in [0.3, 0.4) is 0 Å². The Hall–Kier alpha value is -3.96. The third-order valence-corrected chi connectivity index (χ3v) is 7.82. The number of aryl methyl sites for hydroxylation is 1. The van der Waals surface area contributed by atoms with Crippen molar-refractivity contribution in [2.24, 2.45) is 5.41 Å². The van der Waals surface area contributed by atoms with Gasteiger partial charge in [-0.25, -0.2) is 18.9 Å². The van der Waals surface area contributed by atoms with E-state index in [2.05, 4.69) is 30.3 Å². The van der Waals surface area contributed by atoms with Crippen LogP contribution in [-0.4, -0.2) is 79.4 Å². The third-order valence-electron chi connectivity index (χ3n) is 7.82. The number of carbonyl (C=O) groups is 2. The Kier molecular flexibility index (Phi) is 8.24. The maximum atomic E-state index is 13.6. The number of halogens is 6. The summed E-state index contributed by atoms with van der Waals surface area (Å²) in [6, 6.07) is -3.39. The van der Waals surface area contributed by atoms with Gasteiger partial charge in [0.15, 0.2) is 11.3 Å². The van der Waals surface area contributed by atoms with Gasteiger partial charge in [-0.2, -0.15) is 31.4 Å². The Labute approximate surface area is 246 Å². The van der Waals surface area contributed by atoms with E-state index in [4.69, 9.17) is 4.74 Å². The summed E-state index contributed by atoms with van der Waals surface area (Å²) in [6.07, 6.45) is -5.35. The maximum absolute atomic E-state index is 13.6. The molecule has 2 aliphatic rings. The minimum Gasteiger partial charge on any atom is -0.376 e. The van der Waals surface area contributed by atoms with Gasteiger partial charge in [-0.3, -0.25) is 4.79 Å². The molecule has 0 spiro atoms. The summed E-state index contributed by atoms with van der Waals surface area (Å²) in [4.78, 5) is 31.0. The van der Waals surface area contributed by atoms with Crippen LogP contribution in [-0.2, 0) is 4.74 Å². The maximum Gasteiger partial charge on any atom is 0.410 e. The average molecular weight is 633 g/mol. The zero-order valence-electron chi connectivity index (χ0n) is 23.9. The minimum atomic E-state index is -4.65. The Morgan fingerprint density at radius 3 is 2.52 bits per heavy atom. The summed E-state index contributed by atoms with van der Waals surface area (Å²) in [5.74, 6) is -0.735. The molecule has 3 unspecified atom stereocenters. The van der Waals surface area contributed by atoms with Crippen LogP contribution in [0.1, 0.15) is 79.1 Å². The molecule has 44 heavy (non-hydrogen) atoms. The lowest BCUT2D eigenvalue weighted by Gasteiger charge is -2.29. The Morgan fingerprint density at radius 2 is 1.93 bits per heavy atom. The van der Waals surface area contributed by atoms with Crippen LogP contribution in [0.25, 0.3) is 5.65 Å². The number of carbonyl (C=O) groups excluding carboxylic acids is 2. The van der Waals surface area contributed by atoms with Gasteiger partial charge in [-0.15, -0.1) is 0 Å². The lowest BCUT2D eigenvalue weighted by atomic mass is 9.85. The van der Waals surface area contributed by atoms with Gasteiger partial charge in [-0.05, 0) is 43.8 Å². The van der Waals surface area contributed by atoms with Crippen molar-refractivity contribution >= 4 is 17.6 Å². The number of rotatable bonds is 11. The van der Waals surface area contributed by atoms with E-state index in [1.54, 1.807) is 0 Å². The van der Waals surface area contributed by atoms with Crippen molar-refractivity contribution in [3.63, 3.8) is 0 Å². The number of urea groups is 1. The molecule has 240 valence electrons. The summed E-state index contributed by atoms with van der Waals surface area (Å²) >= 11 is 0. The molecule has 5 rings (SSSR count). The molecule has 3 aromatic rings. The third kappa shape index (κ3) is 6.73. The number of imidazole rings is 1. The van der Waals surface area contributed by atoms with E-state index in [1.807, 2.05) is 5.32 Å². The molecule has 1 aliphatic heterocycles. The summed E-state index contributed by atoms with van der Waals surface area (Å²) in [6.45, 7) is 2.87. The molecular formula is C26H30F6N8O4. The van der Waals surface area contributed by atoms with Crippen molar-refractivity contribution in [1.82, 2.24) is 40.4 Å². The van der Waals surface area contributed by atoms with Gasteiger partial charge in [-0.1, -0.05) is 19.0 Å². The Balaban J connectivity index is 1.44. The SMILES string of the molecule is Cc1nonc1C(=O)NC(CCC(C)(C)C(F)(F)F)c1cn2ncc(C(COC3CC3)N3CC(C(F)(F)F)NC3=O)cc2n1. The highest BCUT2D eigenvalue weighted by Gasteiger charge is 2.49. The highest BCUT2D eigenvalue weighted by atomic mass is 19.4. The van der Waals surface area contributed by atoms with E-state index in [0.717, 1.165) is 31.6 Å². The van der Waals surface area contributed by atoms with Crippen LogP contribution >= 0.6 is 0 Å². The van der Waals surface area contributed by atoms with Crippen molar-refractivity contribution < 1.29 is 45.3 Å². The molecule has 3 atom stereocenters. The Bertz CT molecular complexity index is 1520. The van der Waals surface area contributed by atoms with E-state index in [0.29, 0.717) is 5.56 Å². The first-order valence-electron chi connectivity index (χ1n) is 13.8. The quantitative estimate of drug-likeness (QED) is 0.296. The van der Waals surface area contributed by atoms with Gasteiger partial charge in [0, 0.05) is 5.56 Å². The van der Waals surface area contributed by atoms with Gasteiger partial charge >= 0.3 is 18.4 Å². The lowest BCUT2D eigenvalue weighted by Crippen LogP contribution is -2.40. The molecule has 2 fully saturated rings. The van der Waals surface area contributed by atoms with Crippen molar-refractivity contribution in [3.05, 3.63) is 41.1 Å². The molecule has 12 nitrogen and oxygen atoms in total. The second kappa shape index (κ2) is 11.5. The summed E-state index contributed by atoms with van der Waals surface area (Å²) in [7, 11) is 0. The van der Waals surface area contributed by atoms with Crippen LogP contribution in [0.15, 0.2) is 23.1 Å². The number of nitrogens with zero attached hydrogens (tertiary/aromatic N) is 6. The minimum absolute atomic E-state index is 0.0508. The van der Waals surface area contributed by atoms with Crippen LogP contribution < -0.4 is 10.6 Å². The second-order valence-corrected chi connectivity index (χ2v) is 11.6. The summed E-state index contributed by atoms with van der Waals surface area (Å²) in [5.41, 5.74) is -1.33. The highest BCUT2D eigenvalue weighted by Crippen LogP contribution is 2.42. The normalized spacial score (nSPS) is 19.3. The molecule has 3 amide bonds. The molecule has 2 N–H and O–H groups in total. The van der Waals surface area contributed by atoms with Crippen molar-refractivity contribution in [2.45, 2.75) is 83.0 Å². The van der Waals surface area contributed by atoms with Gasteiger partial charge in [0.25, 0.3) is 5.91 Å². The molecule has 0 bridgehead atoms. The monoisotopic (exact) mass is 632 g/mol. The van der Waals surface area contributed by atoms with E-state index in [9.17, 15) is 35.9 Å². The number of aromatic nitrogens is 5. The van der Waals surface area contributed by atoms with Crippen LogP contribution in [0.2, 0.25) is 0 Å². The first-order chi connectivity index (χ1) is 20.5. The summed E-state index contributed by atoms with van der Waals surface area (Å²) < 4.78 is 92.7. The molecule has 3 aromatic heterocycles. The van der Waals surface area contributed by atoms with Gasteiger partial charge < -0.3 is 20.3 Å². The topological polar surface area (TPSA) is 140 Å². The molecule has 0 aromatic carbocycles. The fraction of sp³-hybridized carbons (Fsp3) is 0.615. The largest absolute Gasteiger partial charge is 0.410 e. The molecule has 1 aliphatic carbocycles. The number of nitrogens with one attached hydrogen (secondary N) is 2. The first kappa shape index (κ1) is 31.5.